The normalized spacial score (nSPS) is 21.0. The van der Waals surface area contributed by atoms with Crippen molar-refractivity contribution in [2.24, 2.45) is 11.8 Å². The van der Waals surface area contributed by atoms with Crippen LogP contribution in [0.3, 0.4) is 0 Å². The van der Waals surface area contributed by atoms with Crippen molar-refractivity contribution in [1.29, 1.82) is 0 Å². The predicted octanol–water partition coefficient (Wildman–Crippen LogP) is 1.60. The molecule has 0 amide bonds. The summed E-state index contributed by atoms with van der Waals surface area (Å²) in [6.45, 7) is 6.80. The van der Waals surface area contributed by atoms with Gasteiger partial charge in [0.25, 0.3) is 0 Å². The SMILES string of the molecule is CC(C)C(CS)COC1COC1. The zero-order valence-electron chi connectivity index (χ0n) is 7.82. The first-order valence-electron chi connectivity index (χ1n) is 4.54. The summed E-state index contributed by atoms with van der Waals surface area (Å²) in [6, 6.07) is 0. The maximum atomic E-state index is 5.62. The van der Waals surface area contributed by atoms with Gasteiger partial charge in [-0.25, -0.2) is 0 Å². The molecule has 1 heterocycles. The Labute approximate surface area is 80.0 Å². The van der Waals surface area contributed by atoms with Crippen molar-refractivity contribution in [1.82, 2.24) is 0 Å². The highest BCUT2D eigenvalue weighted by Crippen LogP contribution is 2.15. The Hall–Kier alpha value is 0.270. The van der Waals surface area contributed by atoms with Gasteiger partial charge in [-0.2, -0.15) is 12.6 Å². The highest BCUT2D eigenvalue weighted by molar-refractivity contribution is 7.80. The molecule has 1 fully saturated rings. The van der Waals surface area contributed by atoms with E-state index < -0.39 is 0 Å². The van der Waals surface area contributed by atoms with Crippen LogP contribution < -0.4 is 0 Å². The van der Waals surface area contributed by atoms with Crippen LogP contribution in [0.2, 0.25) is 0 Å². The average Bonchev–Trinajstić information content (AvgIpc) is 1.93. The molecule has 0 aromatic heterocycles. The molecule has 1 atom stereocenters. The van der Waals surface area contributed by atoms with Gasteiger partial charge in [0.05, 0.1) is 19.8 Å². The van der Waals surface area contributed by atoms with E-state index in [0.29, 0.717) is 17.9 Å². The average molecular weight is 190 g/mol. The quantitative estimate of drug-likeness (QED) is 0.664. The molecule has 1 aliphatic rings. The number of hydrogen-bond acceptors (Lipinski definition) is 3. The van der Waals surface area contributed by atoms with Gasteiger partial charge in [-0.3, -0.25) is 0 Å². The monoisotopic (exact) mass is 190 g/mol. The molecule has 1 saturated heterocycles. The van der Waals surface area contributed by atoms with Crippen LogP contribution in [0.5, 0.6) is 0 Å². The van der Waals surface area contributed by atoms with E-state index in [9.17, 15) is 0 Å². The van der Waals surface area contributed by atoms with Gasteiger partial charge in [0, 0.05) is 0 Å². The molecule has 0 aromatic carbocycles. The molecule has 0 aliphatic carbocycles. The van der Waals surface area contributed by atoms with Crippen LogP contribution in [0.1, 0.15) is 13.8 Å². The lowest BCUT2D eigenvalue weighted by molar-refractivity contribution is -0.136. The van der Waals surface area contributed by atoms with Crippen molar-refractivity contribution in [3.63, 3.8) is 0 Å². The van der Waals surface area contributed by atoms with Gasteiger partial charge in [-0.1, -0.05) is 13.8 Å². The molecule has 0 aromatic rings. The van der Waals surface area contributed by atoms with E-state index in [1.54, 1.807) is 0 Å². The van der Waals surface area contributed by atoms with Crippen LogP contribution in [0.15, 0.2) is 0 Å². The summed E-state index contributed by atoms with van der Waals surface area (Å²) in [7, 11) is 0. The zero-order valence-corrected chi connectivity index (χ0v) is 8.72. The zero-order chi connectivity index (χ0) is 8.97. The first-order chi connectivity index (χ1) is 5.74. The van der Waals surface area contributed by atoms with E-state index in [0.717, 1.165) is 25.6 Å². The van der Waals surface area contributed by atoms with E-state index in [4.69, 9.17) is 9.47 Å². The lowest BCUT2D eigenvalue weighted by atomic mass is 9.99. The second-order valence-electron chi connectivity index (χ2n) is 3.68. The molecule has 1 unspecified atom stereocenters. The van der Waals surface area contributed by atoms with Gasteiger partial charge in [0.15, 0.2) is 0 Å². The highest BCUT2D eigenvalue weighted by Gasteiger charge is 2.21. The minimum absolute atomic E-state index is 0.353. The topological polar surface area (TPSA) is 18.5 Å². The Balaban J connectivity index is 2.09. The van der Waals surface area contributed by atoms with Crippen molar-refractivity contribution < 1.29 is 9.47 Å². The maximum absolute atomic E-state index is 5.62. The third-order valence-corrected chi connectivity index (χ3v) is 2.80. The fourth-order valence-corrected chi connectivity index (χ4v) is 1.55. The number of rotatable bonds is 5. The molecule has 2 nitrogen and oxygen atoms in total. The Morgan fingerprint density at radius 1 is 1.50 bits per heavy atom. The molecule has 0 saturated carbocycles. The van der Waals surface area contributed by atoms with Gasteiger partial charge in [0.1, 0.15) is 6.10 Å². The largest absolute Gasteiger partial charge is 0.376 e. The van der Waals surface area contributed by atoms with Crippen LogP contribution in [0, 0.1) is 11.8 Å². The fraction of sp³-hybridized carbons (Fsp3) is 1.00. The summed E-state index contributed by atoms with van der Waals surface area (Å²) in [6.07, 6.45) is 0.353. The first kappa shape index (κ1) is 10.4. The van der Waals surface area contributed by atoms with Crippen LogP contribution in [0.25, 0.3) is 0 Å². The van der Waals surface area contributed by atoms with Crippen molar-refractivity contribution in [2.75, 3.05) is 25.6 Å². The van der Waals surface area contributed by atoms with E-state index in [1.165, 1.54) is 0 Å². The second-order valence-corrected chi connectivity index (χ2v) is 4.04. The van der Waals surface area contributed by atoms with E-state index in [-0.39, 0.29) is 0 Å². The molecule has 1 rings (SSSR count). The molecule has 72 valence electrons. The second kappa shape index (κ2) is 5.10. The minimum atomic E-state index is 0.353. The fourth-order valence-electron chi connectivity index (χ4n) is 1.03. The van der Waals surface area contributed by atoms with Crippen molar-refractivity contribution in [3.8, 4) is 0 Å². The van der Waals surface area contributed by atoms with Gasteiger partial charge < -0.3 is 9.47 Å². The first-order valence-corrected chi connectivity index (χ1v) is 5.17. The van der Waals surface area contributed by atoms with Crippen LogP contribution in [0.4, 0.5) is 0 Å². The van der Waals surface area contributed by atoms with Crippen molar-refractivity contribution >= 4 is 12.6 Å². The van der Waals surface area contributed by atoms with Crippen LogP contribution in [-0.2, 0) is 9.47 Å². The summed E-state index contributed by atoms with van der Waals surface area (Å²) in [5.41, 5.74) is 0. The molecule has 0 spiro atoms. The lowest BCUT2D eigenvalue weighted by Gasteiger charge is -2.28. The Bertz CT molecular complexity index is 124. The lowest BCUT2D eigenvalue weighted by Crippen LogP contribution is -2.38. The minimum Gasteiger partial charge on any atom is -0.376 e. The Morgan fingerprint density at radius 3 is 2.50 bits per heavy atom. The van der Waals surface area contributed by atoms with Gasteiger partial charge in [-0.05, 0) is 17.6 Å². The molecular weight excluding hydrogens is 172 g/mol. The number of hydrogen-bond donors (Lipinski definition) is 1. The highest BCUT2D eigenvalue weighted by atomic mass is 32.1. The van der Waals surface area contributed by atoms with Crippen molar-refractivity contribution in [3.05, 3.63) is 0 Å². The van der Waals surface area contributed by atoms with Crippen LogP contribution in [-0.4, -0.2) is 31.7 Å². The van der Waals surface area contributed by atoms with Crippen LogP contribution >= 0.6 is 12.6 Å². The molecule has 0 radical (unpaired) electrons. The standard InChI is InChI=1S/C9H18O2S/c1-7(2)8(6-12)3-11-9-4-10-5-9/h7-9,12H,3-6H2,1-2H3. The van der Waals surface area contributed by atoms with Crippen molar-refractivity contribution in [2.45, 2.75) is 20.0 Å². The number of thiol groups is 1. The summed E-state index contributed by atoms with van der Waals surface area (Å²) >= 11 is 4.29. The van der Waals surface area contributed by atoms with Gasteiger partial charge in [-0.15, -0.1) is 0 Å². The van der Waals surface area contributed by atoms with Gasteiger partial charge >= 0.3 is 0 Å². The molecule has 0 bridgehead atoms. The third kappa shape index (κ3) is 2.96. The van der Waals surface area contributed by atoms with Gasteiger partial charge in [0.2, 0.25) is 0 Å². The molecule has 3 heteroatoms. The predicted molar refractivity (Wildman–Crippen MR) is 52.7 cm³/mol. The molecule has 1 aliphatic heterocycles. The summed E-state index contributed by atoms with van der Waals surface area (Å²) in [4.78, 5) is 0. The maximum Gasteiger partial charge on any atom is 0.104 e. The molecule has 0 N–H and O–H groups in total. The smallest absolute Gasteiger partial charge is 0.104 e. The summed E-state index contributed by atoms with van der Waals surface area (Å²) in [5, 5.41) is 0. The third-order valence-electron chi connectivity index (χ3n) is 2.33. The summed E-state index contributed by atoms with van der Waals surface area (Å²) in [5.74, 6) is 2.14. The van der Waals surface area contributed by atoms with E-state index >= 15 is 0 Å². The van der Waals surface area contributed by atoms with E-state index in [1.807, 2.05) is 0 Å². The summed E-state index contributed by atoms with van der Waals surface area (Å²) < 4.78 is 10.6. The van der Waals surface area contributed by atoms with E-state index in [2.05, 4.69) is 26.5 Å². The molecule has 12 heavy (non-hydrogen) atoms. The Kier molecular flexibility index (Phi) is 4.40. The number of ether oxygens (including phenoxy) is 2. The molecular formula is C9H18O2S. The Morgan fingerprint density at radius 2 is 2.17 bits per heavy atom.